The summed E-state index contributed by atoms with van der Waals surface area (Å²) < 4.78 is 33.9. The smallest absolute Gasteiger partial charge is 0.269 e. The maximum Gasteiger partial charge on any atom is 0.269 e. The lowest BCUT2D eigenvalue weighted by Gasteiger charge is -2.18. The van der Waals surface area contributed by atoms with Crippen LogP contribution in [-0.2, 0) is 4.79 Å². The van der Waals surface area contributed by atoms with Gasteiger partial charge in [-0.2, -0.15) is 9.65 Å². The molecule has 2 aromatic rings. The number of carbonyl (C=O) groups excluding carboxylic acids is 1. The highest BCUT2D eigenvalue weighted by Gasteiger charge is 2.19. The van der Waals surface area contributed by atoms with Crippen LogP contribution in [0.4, 0.5) is 14.5 Å². The lowest BCUT2D eigenvalue weighted by molar-refractivity contribution is -0.112. The average Bonchev–Trinajstić information content (AvgIpc) is 2.64. The fraction of sp³-hybridized carbons (Fsp3) is 0.250. The van der Waals surface area contributed by atoms with Crippen LogP contribution in [0.25, 0.3) is 11.1 Å². The van der Waals surface area contributed by atoms with Crippen molar-refractivity contribution >= 4 is 11.6 Å². The second-order valence-electron chi connectivity index (χ2n) is 6.06. The molecule has 6 nitrogen and oxygen atoms in total. The lowest BCUT2D eigenvalue weighted by Crippen LogP contribution is -2.17. The first-order valence-corrected chi connectivity index (χ1v) is 8.50. The molecule has 0 radical (unpaired) electrons. The van der Waals surface area contributed by atoms with Gasteiger partial charge >= 0.3 is 0 Å². The second kappa shape index (κ2) is 8.95. The van der Waals surface area contributed by atoms with Crippen molar-refractivity contribution in [2.75, 3.05) is 5.32 Å². The predicted molar refractivity (Wildman–Crippen MR) is 99.5 cm³/mol. The lowest BCUT2D eigenvalue weighted by atomic mass is 10.0. The molecule has 1 heterocycles. The van der Waals surface area contributed by atoms with Crippen LogP contribution >= 0.6 is 0 Å². The van der Waals surface area contributed by atoms with Gasteiger partial charge in [0.15, 0.2) is 5.57 Å². The Labute approximate surface area is 161 Å². The number of aliphatic hydroxyl groups is 1. The number of rotatable bonds is 6. The maximum atomic E-state index is 14.6. The molecular formula is C20H19F2N3O3. The number of pyridine rings is 1. The van der Waals surface area contributed by atoms with Crippen LogP contribution in [0.15, 0.2) is 41.8 Å². The van der Waals surface area contributed by atoms with E-state index in [0.717, 1.165) is 12.1 Å². The number of ether oxygens (including phenoxy) is 1. The number of hydrogen-bond donors (Lipinski definition) is 2. The van der Waals surface area contributed by atoms with Crippen molar-refractivity contribution in [3.05, 3.63) is 53.6 Å². The Balaban J connectivity index is 2.52. The van der Waals surface area contributed by atoms with Gasteiger partial charge in [0.05, 0.1) is 11.8 Å². The monoisotopic (exact) mass is 387 g/mol. The van der Waals surface area contributed by atoms with Gasteiger partial charge in [-0.05, 0) is 38.0 Å². The molecule has 1 unspecified atom stereocenters. The summed E-state index contributed by atoms with van der Waals surface area (Å²) in [4.78, 5) is 15.6. The van der Waals surface area contributed by atoms with Gasteiger partial charge in [-0.15, -0.1) is 0 Å². The molecule has 0 fully saturated rings. The molecule has 0 saturated carbocycles. The van der Waals surface area contributed by atoms with E-state index >= 15 is 0 Å². The molecule has 8 heteroatoms. The molecule has 0 spiro atoms. The summed E-state index contributed by atoms with van der Waals surface area (Å²) >= 11 is 0. The Morgan fingerprint density at radius 2 is 2.11 bits per heavy atom. The van der Waals surface area contributed by atoms with Gasteiger partial charge in [-0.25, -0.2) is 9.37 Å². The number of halogens is 2. The predicted octanol–water partition coefficient (Wildman–Crippen LogP) is 4.50. The molecule has 2 N–H and O–H groups in total. The topological polar surface area (TPSA) is 95.2 Å². The van der Waals surface area contributed by atoms with Crippen molar-refractivity contribution in [2.24, 2.45) is 0 Å². The number of nitrogens with zero attached hydrogens (tertiary/aromatic N) is 2. The molecule has 1 amide bonds. The maximum absolute atomic E-state index is 14.6. The van der Waals surface area contributed by atoms with Crippen LogP contribution in [0.2, 0.25) is 0 Å². The molecule has 0 bridgehead atoms. The molecule has 0 aliphatic carbocycles. The number of hydrogen-bond acceptors (Lipinski definition) is 5. The zero-order valence-electron chi connectivity index (χ0n) is 15.6. The molecule has 146 valence electrons. The Kier molecular flexibility index (Phi) is 6.66. The average molecular weight is 387 g/mol. The third-order valence-corrected chi connectivity index (χ3v) is 3.96. The van der Waals surface area contributed by atoms with Crippen molar-refractivity contribution in [2.45, 2.75) is 33.3 Å². The summed E-state index contributed by atoms with van der Waals surface area (Å²) in [5, 5.41) is 20.6. The molecule has 28 heavy (non-hydrogen) atoms. The first kappa shape index (κ1) is 20.8. The van der Waals surface area contributed by atoms with E-state index in [1.54, 1.807) is 6.07 Å². The SMILES string of the molecule is CCC(C)Oc1cc(NC(=O)/C(C#N)=C(/C)O)c(F)cc1-c1ccnc(F)c1. The normalized spacial score (nSPS) is 12.6. The van der Waals surface area contributed by atoms with Crippen molar-refractivity contribution in [1.29, 1.82) is 5.26 Å². The summed E-state index contributed by atoms with van der Waals surface area (Å²) in [7, 11) is 0. The minimum atomic E-state index is -0.960. The molecule has 1 aromatic carbocycles. The van der Waals surface area contributed by atoms with E-state index in [0.29, 0.717) is 12.0 Å². The Morgan fingerprint density at radius 3 is 2.68 bits per heavy atom. The number of nitrogens with one attached hydrogen (secondary N) is 1. The van der Waals surface area contributed by atoms with Gasteiger partial charge < -0.3 is 15.2 Å². The van der Waals surface area contributed by atoms with E-state index in [1.165, 1.54) is 25.3 Å². The van der Waals surface area contributed by atoms with E-state index in [-0.39, 0.29) is 23.1 Å². The fourth-order valence-corrected chi connectivity index (χ4v) is 2.32. The van der Waals surface area contributed by atoms with Gasteiger partial charge in [-0.1, -0.05) is 6.92 Å². The second-order valence-corrected chi connectivity index (χ2v) is 6.06. The van der Waals surface area contributed by atoms with Crippen LogP contribution in [0.5, 0.6) is 5.75 Å². The van der Waals surface area contributed by atoms with Gasteiger partial charge in [-0.3, -0.25) is 4.79 Å². The molecule has 0 aliphatic heterocycles. The molecule has 1 atom stereocenters. The van der Waals surface area contributed by atoms with E-state index in [1.807, 2.05) is 13.8 Å². The first-order chi connectivity index (χ1) is 13.3. The number of carbonyl (C=O) groups is 1. The largest absolute Gasteiger partial charge is 0.511 e. The summed E-state index contributed by atoms with van der Waals surface area (Å²) in [5.74, 6) is -2.77. The highest BCUT2D eigenvalue weighted by atomic mass is 19.1. The quantitative estimate of drug-likeness (QED) is 0.329. The Hall–Kier alpha value is -3.47. The van der Waals surface area contributed by atoms with Crippen LogP contribution in [0.1, 0.15) is 27.2 Å². The number of nitriles is 1. The Morgan fingerprint density at radius 1 is 1.39 bits per heavy atom. The summed E-state index contributed by atoms with van der Waals surface area (Å²) in [6, 6.07) is 6.56. The van der Waals surface area contributed by atoms with Crippen molar-refractivity contribution in [3.8, 4) is 22.9 Å². The number of benzene rings is 1. The van der Waals surface area contributed by atoms with Crippen molar-refractivity contribution < 1.29 is 23.4 Å². The third-order valence-electron chi connectivity index (χ3n) is 3.96. The molecule has 2 rings (SSSR count). The summed E-state index contributed by atoms with van der Waals surface area (Å²) in [6.45, 7) is 4.88. The standard InChI is InChI=1S/C20H19F2N3O3/c1-4-11(2)28-18-9-17(25-20(27)15(10-23)12(3)26)16(21)8-14(18)13-5-6-24-19(22)7-13/h5-9,11,26H,4H2,1-3H3,(H,25,27)/b15-12-. The van der Waals surface area contributed by atoms with Crippen molar-refractivity contribution in [1.82, 2.24) is 4.98 Å². The zero-order valence-corrected chi connectivity index (χ0v) is 15.6. The third kappa shape index (κ3) is 4.82. The van der Waals surface area contributed by atoms with Gasteiger partial charge in [0.2, 0.25) is 5.95 Å². The molecular weight excluding hydrogens is 368 g/mol. The van der Waals surface area contributed by atoms with Crippen LogP contribution in [0.3, 0.4) is 0 Å². The van der Waals surface area contributed by atoms with Crippen molar-refractivity contribution in [3.63, 3.8) is 0 Å². The number of aliphatic hydroxyl groups excluding tert-OH is 1. The molecule has 0 saturated heterocycles. The van der Waals surface area contributed by atoms with Gasteiger partial charge in [0.25, 0.3) is 5.91 Å². The van der Waals surface area contributed by atoms with Gasteiger partial charge in [0, 0.05) is 23.9 Å². The van der Waals surface area contributed by atoms with E-state index in [4.69, 9.17) is 10.00 Å². The van der Waals surface area contributed by atoms with Gasteiger partial charge in [0.1, 0.15) is 23.4 Å². The summed E-state index contributed by atoms with van der Waals surface area (Å²) in [6.07, 6.45) is 1.68. The number of allylic oxidation sites excluding steroid dienone is 1. The number of amides is 1. The Bertz CT molecular complexity index is 964. The molecule has 1 aromatic heterocycles. The minimum absolute atomic E-state index is 0.222. The van der Waals surface area contributed by atoms with E-state index in [9.17, 15) is 18.7 Å². The zero-order chi connectivity index (χ0) is 20.8. The molecule has 0 aliphatic rings. The minimum Gasteiger partial charge on any atom is -0.511 e. The van der Waals surface area contributed by atoms with E-state index in [2.05, 4.69) is 10.3 Å². The van der Waals surface area contributed by atoms with Crippen LogP contribution in [0, 0.1) is 23.1 Å². The highest BCUT2D eigenvalue weighted by Crippen LogP contribution is 2.35. The highest BCUT2D eigenvalue weighted by molar-refractivity contribution is 6.07. The van der Waals surface area contributed by atoms with E-state index < -0.39 is 29.0 Å². The fourth-order valence-electron chi connectivity index (χ4n) is 2.32. The number of aromatic nitrogens is 1. The van der Waals surface area contributed by atoms with Crippen LogP contribution in [-0.4, -0.2) is 22.1 Å². The first-order valence-electron chi connectivity index (χ1n) is 8.50. The number of anilines is 1. The van der Waals surface area contributed by atoms with Crippen LogP contribution < -0.4 is 10.1 Å². The summed E-state index contributed by atoms with van der Waals surface area (Å²) in [5.41, 5.74) is -0.141.